The van der Waals surface area contributed by atoms with Gasteiger partial charge in [-0.25, -0.2) is 4.79 Å². The van der Waals surface area contributed by atoms with Crippen LogP contribution in [0.2, 0.25) is 0 Å². The first-order chi connectivity index (χ1) is 13.9. The van der Waals surface area contributed by atoms with Crippen molar-refractivity contribution in [3.8, 4) is 0 Å². The van der Waals surface area contributed by atoms with Crippen LogP contribution in [0.5, 0.6) is 0 Å². The summed E-state index contributed by atoms with van der Waals surface area (Å²) in [6.07, 6.45) is 0.0581. The second-order valence-electron chi connectivity index (χ2n) is 8.81. The van der Waals surface area contributed by atoms with Gasteiger partial charge in [0.25, 0.3) is 0 Å². The van der Waals surface area contributed by atoms with Crippen molar-refractivity contribution in [1.82, 2.24) is 0 Å². The Morgan fingerprint density at radius 1 is 1.37 bits per heavy atom. The van der Waals surface area contributed by atoms with Crippen molar-refractivity contribution in [3.05, 3.63) is 23.8 Å². The fourth-order valence-corrected chi connectivity index (χ4v) is 4.44. The van der Waals surface area contributed by atoms with E-state index < -0.39 is 47.6 Å². The van der Waals surface area contributed by atoms with E-state index in [-0.39, 0.29) is 30.3 Å². The summed E-state index contributed by atoms with van der Waals surface area (Å²) in [4.78, 5) is 36.5. The zero-order valence-electron chi connectivity index (χ0n) is 18.1. The SMILES string of the molecule is C=C1C(=O)OC2C=C(C)C3(O)OC(C)(CC(OC(=O)C(C)CC)C12)CC3OC(C)=O. The summed E-state index contributed by atoms with van der Waals surface area (Å²) < 4.78 is 22.7. The first-order valence-corrected chi connectivity index (χ1v) is 10.3. The molecular weight excluding hydrogens is 392 g/mol. The average Bonchev–Trinajstić information content (AvgIpc) is 3.06. The molecule has 0 saturated carbocycles. The Kier molecular flexibility index (Phi) is 5.86. The molecule has 0 radical (unpaired) electrons. The number of ether oxygens (including phenoxy) is 4. The minimum Gasteiger partial charge on any atom is -0.461 e. The van der Waals surface area contributed by atoms with Crippen LogP contribution < -0.4 is 0 Å². The van der Waals surface area contributed by atoms with Gasteiger partial charge in [-0.3, -0.25) is 9.59 Å². The lowest BCUT2D eigenvalue weighted by atomic mass is 9.81. The molecule has 7 atom stereocenters. The van der Waals surface area contributed by atoms with E-state index in [0.717, 1.165) is 0 Å². The lowest BCUT2D eigenvalue weighted by Gasteiger charge is -2.33. The largest absolute Gasteiger partial charge is 0.461 e. The molecule has 2 fully saturated rings. The third-order valence-corrected chi connectivity index (χ3v) is 6.32. The Morgan fingerprint density at radius 3 is 2.63 bits per heavy atom. The van der Waals surface area contributed by atoms with E-state index in [1.165, 1.54) is 6.92 Å². The third kappa shape index (κ3) is 3.90. The van der Waals surface area contributed by atoms with Crippen LogP contribution in [0, 0.1) is 11.8 Å². The van der Waals surface area contributed by atoms with E-state index in [1.54, 1.807) is 26.8 Å². The van der Waals surface area contributed by atoms with Gasteiger partial charge in [-0.05, 0) is 31.9 Å². The molecule has 3 heterocycles. The van der Waals surface area contributed by atoms with Crippen LogP contribution in [-0.4, -0.2) is 52.7 Å². The number of esters is 3. The third-order valence-electron chi connectivity index (χ3n) is 6.32. The van der Waals surface area contributed by atoms with Crippen LogP contribution in [0.1, 0.15) is 53.9 Å². The number of carbonyl (C=O) groups excluding carboxylic acids is 3. The molecule has 1 N–H and O–H groups in total. The lowest BCUT2D eigenvalue weighted by Crippen LogP contribution is -2.43. The number of hydrogen-bond acceptors (Lipinski definition) is 8. The Bertz CT molecular complexity index is 801. The first-order valence-electron chi connectivity index (χ1n) is 10.3. The Morgan fingerprint density at radius 2 is 2.03 bits per heavy atom. The highest BCUT2D eigenvalue weighted by Gasteiger charge is 2.60. The van der Waals surface area contributed by atoms with Crippen LogP contribution in [-0.2, 0) is 33.3 Å². The van der Waals surface area contributed by atoms with Crippen LogP contribution in [0.3, 0.4) is 0 Å². The van der Waals surface area contributed by atoms with E-state index in [0.29, 0.717) is 12.0 Å². The van der Waals surface area contributed by atoms with Gasteiger partial charge < -0.3 is 24.1 Å². The molecule has 3 aliphatic rings. The van der Waals surface area contributed by atoms with Crippen molar-refractivity contribution in [3.63, 3.8) is 0 Å². The van der Waals surface area contributed by atoms with E-state index in [9.17, 15) is 19.5 Å². The molecule has 8 heteroatoms. The minimum atomic E-state index is -1.88. The molecule has 0 spiro atoms. The van der Waals surface area contributed by atoms with Crippen molar-refractivity contribution in [2.24, 2.45) is 11.8 Å². The molecule has 0 aromatic heterocycles. The van der Waals surface area contributed by atoms with E-state index in [4.69, 9.17) is 18.9 Å². The van der Waals surface area contributed by atoms with Gasteiger partial charge in [-0.15, -0.1) is 0 Å². The molecule has 0 amide bonds. The van der Waals surface area contributed by atoms with Crippen LogP contribution >= 0.6 is 0 Å². The molecule has 8 nitrogen and oxygen atoms in total. The molecule has 3 rings (SSSR count). The van der Waals surface area contributed by atoms with Gasteiger partial charge >= 0.3 is 17.9 Å². The fraction of sp³-hybridized carbons (Fsp3) is 0.682. The summed E-state index contributed by atoms with van der Waals surface area (Å²) in [6.45, 7) is 12.2. The average molecular weight is 422 g/mol. The van der Waals surface area contributed by atoms with Crippen molar-refractivity contribution in [2.75, 3.05) is 0 Å². The highest BCUT2D eigenvalue weighted by atomic mass is 16.7. The highest BCUT2D eigenvalue weighted by Crippen LogP contribution is 2.49. The molecule has 0 aliphatic carbocycles. The predicted molar refractivity (Wildman–Crippen MR) is 105 cm³/mol. The van der Waals surface area contributed by atoms with Gasteiger partial charge in [0, 0.05) is 25.3 Å². The maximum absolute atomic E-state index is 12.6. The maximum Gasteiger partial charge on any atom is 0.334 e. The lowest BCUT2D eigenvalue weighted by molar-refractivity contribution is -0.232. The molecule has 2 bridgehead atoms. The molecule has 3 aliphatic heterocycles. The Labute approximate surface area is 176 Å². The summed E-state index contributed by atoms with van der Waals surface area (Å²) in [5.74, 6) is -4.30. The van der Waals surface area contributed by atoms with Crippen molar-refractivity contribution in [1.29, 1.82) is 0 Å². The van der Waals surface area contributed by atoms with Gasteiger partial charge in [-0.2, -0.15) is 0 Å². The van der Waals surface area contributed by atoms with Crippen LogP contribution in [0.25, 0.3) is 0 Å². The van der Waals surface area contributed by atoms with E-state index >= 15 is 0 Å². The fourth-order valence-electron chi connectivity index (χ4n) is 4.44. The Balaban J connectivity index is 2.05. The van der Waals surface area contributed by atoms with Gasteiger partial charge in [0.1, 0.15) is 12.2 Å². The molecule has 0 aromatic carbocycles. The number of hydrogen-bond donors (Lipinski definition) is 1. The van der Waals surface area contributed by atoms with Gasteiger partial charge in [0.15, 0.2) is 6.10 Å². The summed E-state index contributed by atoms with van der Waals surface area (Å²) in [7, 11) is 0. The number of fused-ring (bicyclic) bond motifs is 3. The predicted octanol–water partition coefficient (Wildman–Crippen LogP) is 2.19. The molecule has 7 unspecified atom stereocenters. The summed E-state index contributed by atoms with van der Waals surface area (Å²) in [5.41, 5.74) is -0.412. The summed E-state index contributed by atoms with van der Waals surface area (Å²) in [6, 6.07) is 0. The highest BCUT2D eigenvalue weighted by molar-refractivity contribution is 5.91. The Hall–Kier alpha value is -2.19. The summed E-state index contributed by atoms with van der Waals surface area (Å²) in [5, 5.41) is 11.3. The summed E-state index contributed by atoms with van der Waals surface area (Å²) >= 11 is 0. The quantitative estimate of drug-likeness (QED) is 0.318. The first kappa shape index (κ1) is 22.5. The number of carbonyl (C=O) groups is 3. The molecule has 0 aromatic rings. The second kappa shape index (κ2) is 7.81. The zero-order valence-corrected chi connectivity index (χ0v) is 18.1. The topological polar surface area (TPSA) is 108 Å². The maximum atomic E-state index is 12.6. The molecule has 2 saturated heterocycles. The normalized spacial score (nSPS) is 39.1. The molecule has 166 valence electrons. The van der Waals surface area contributed by atoms with Crippen LogP contribution in [0.4, 0.5) is 0 Å². The standard InChI is InChI=1S/C22H30O8/c1-7-11(2)19(24)29-16-9-21(6)10-17(27-14(5)23)22(26,30-21)12(3)8-15-18(16)13(4)20(25)28-15/h8,11,15-18,26H,4,7,9-10H2,1-3,5-6H3. The number of rotatable bonds is 4. The van der Waals surface area contributed by atoms with Crippen molar-refractivity contribution in [2.45, 2.75) is 83.6 Å². The van der Waals surface area contributed by atoms with Crippen LogP contribution in [0.15, 0.2) is 23.8 Å². The zero-order chi connectivity index (χ0) is 22.4. The van der Waals surface area contributed by atoms with E-state index in [2.05, 4.69) is 6.58 Å². The van der Waals surface area contributed by atoms with Gasteiger partial charge in [0.05, 0.1) is 17.4 Å². The minimum absolute atomic E-state index is 0.174. The van der Waals surface area contributed by atoms with Gasteiger partial charge in [-0.1, -0.05) is 20.4 Å². The van der Waals surface area contributed by atoms with E-state index in [1.807, 2.05) is 6.92 Å². The monoisotopic (exact) mass is 422 g/mol. The van der Waals surface area contributed by atoms with Gasteiger partial charge in [0.2, 0.25) is 5.79 Å². The van der Waals surface area contributed by atoms with Crippen molar-refractivity contribution < 1.29 is 38.4 Å². The second-order valence-corrected chi connectivity index (χ2v) is 8.81. The molecular formula is C22H30O8. The van der Waals surface area contributed by atoms with Crippen molar-refractivity contribution >= 4 is 17.9 Å². The molecule has 30 heavy (non-hydrogen) atoms. The number of aliphatic hydroxyl groups is 1. The smallest absolute Gasteiger partial charge is 0.334 e.